The monoisotopic (exact) mass is 430 g/mol. The summed E-state index contributed by atoms with van der Waals surface area (Å²) in [7, 11) is 0. The second-order valence-corrected chi connectivity index (χ2v) is 8.01. The molecule has 1 fully saturated rings. The van der Waals surface area contributed by atoms with E-state index in [-0.39, 0.29) is 11.8 Å². The van der Waals surface area contributed by atoms with Crippen LogP contribution in [0.3, 0.4) is 0 Å². The maximum atomic E-state index is 12.4. The van der Waals surface area contributed by atoms with Gasteiger partial charge in [0.2, 0.25) is 5.91 Å². The lowest BCUT2D eigenvalue weighted by atomic mass is 10.0. The highest BCUT2D eigenvalue weighted by molar-refractivity contribution is 5.94. The van der Waals surface area contributed by atoms with Gasteiger partial charge in [0.25, 0.3) is 5.91 Å². The maximum Gasteiger partial charge on any atom is 0.253 e. The lowest BCUT2D eigenvalue weighted by molar-refractivity contribution is -0.117. The van der Waals surface area contributed by atoms with E-state index < -0.39 is 0 Å². The molecule has 0 unspecified atom stereocenters. The predicted octanol–water partition coefficient (Wildman–Crippen LogP) is 3.38. The zero-order valence-corrected chi connectivity index (χ0v) is 18.2. The number of rotatable bonds is 7. The van der Waals surface area contributed by atoms with Crippen LogP contribution in [0.5, 0.6) is 0 Å². The molecule has 1 N–H and O–H groups in total. The first-order chi connectivity index (χ1) is 15.5. The van der Waals surface area contributed by atoms with E-state index in [9.17, 15) is 9.59 Å². The highest BCUT2D eigenvalue weighted by Crippen LogP contribution is 2.28. The second-order valence-electron chi connectivity index (χ2n) is 8.01. The van der Waals surface area contributed by atoms with Crippen molar-refractivity contribution in [1.29, 1.82) is 0 Å². The first kappa shape index (κ1) is 21.6. The van der Waals surface area contributed by atoms with Gasteiger partial charge in [-0.05, 0) is 48.4 Å². The van der Waals surface area contributed by atoms with Crippen LogP contribution < -0.4 is 10.2 Å². The van der Waals surface area contributed by atoms with Crippen molar-refractivity contribution in [2.45, 2.75) is 20.4 Å². The molecule has 0 radical (unpaired) electrons. The number of aromatic nitrogens is 2. The highest BCUT2D eigenvalue weighted by Gasteiger charge is 2.24. The molecular weight excluding hydrogens is 404 g/mol. The van der Waals surface area contributed by atoms with Crippen molar-refractivity contribution in [2.24, 2.45) is 5.92 Å². The molecule has 0 atom stereocenters. The van der Waals surface area contributed by atoms with Gasteiger partial charge in [0.15, 0.2) is 0 Å². The predicted molar refractivity (Wildman–Crippen MR) is 122 cm³/mol. The van der Waals surface area contributed by atoms with Gasteiger partial charge in [0.1, 0.15) is 0 Å². The Morgan fingerprint density at radius 3 is 2.59 bits per heavy atom. The molecule has 2 aromatic heterocycles. The van der Waals surface area contributed by atoms with E-state index in [2.05, 4.69) is 15.3 Å². The fourth-order valence-corrected chi connectivity index (χ4v) is 3.65. The van der Waals surface area contributed by atoms with E-state index in [1.807, 2.05) is 48.2 Å². The molecule has 3 aromatic rings. The van der Waals surface area contributed by atoms with E-state index >= 15 is 0 Å². The van der Waals surface area contributed by atoms with Crippen LogP contribution in [0.2, 0.25) is 0 Å². The zero-order chi connectivity index (χ0) is 22.5. The fourth-order valence-electron chi connectivity index (χ4n) is 3.65. The summed E-state index contributed by atoms with van der Waals surface area (Å²) in [5.74, 6) is 0.223. The summed E-state index contributed by atoms with van der Waals surface area (Å²) in [6, 6.07) is 13.3. The van der Waals surface area contributed by atoms with Crippen molar-refractivity contribution in [3.63, 3.8) is 0 Å². The van der Waals surface area contributed by atoms with E-state index in [0.717, 1.165) is 28.1 Å². The van der Waals surface area contributed by atoms with Crippen molar-refractivity contribution < 1.29 is 14.3 Å². The van der Waals surface area contributed by atoms with Gasteiger partial charge in [-0.3, -0.25) is 19.6 Å². The number of aryl methyl sites for hydroxylation is 1. The number of carbonyl (C=O) groups excluding carboxylic acids is 2. The SMILES string of the molecule is CC(=O)N(CC1COC1)c1ccc(-c2ccc(C(=O)NCc3cccnc3)cn2)cc1C. The molecule has 7 heteroatoms. The van der Waals surface area contributed by atoms with Gasteiger partial charge in [-0.1, -0.05) is 12.1 Å². The maximum absolute atomic E-state index is 12.4. The minimum atomic E-state index is -0.184. The normalized spacial score (nSPS) is 13.3. The lowest BCUT2D eigenvalue weighted by Crippen LogP contribution is -2.42. The number of hydrogen-bond acceptors (Lipinski definition) is 5. The third kappa shape index (κ3) is 5.00. The van der Waals surface area contributed by atoms with Gasteiger partial charge < -0.3 is 15.0 Å². The molecule has 0 bridgehead atoms. The van der Waals surface area contributed by atoms with Gasteiger partial charge in [-0.25, -0.2) is 0 Å². The number of carbonyl (C=O) groups is 2. The van der Waals surface area contributed by atoms with E-state index in [4.69, 9.17) is 4.74 Å². The van der Waals surface area contributed by atoms with Crippen molar-refractivity contribution in [1.82, 2.24) is 15.3 Å². The Morgan fingerprint density at radius 1 is 1.16 bits per heavy atom. The number of ether oxygens (including phenoxy) is 1. The molecule has 0 spiro atoms. The Morgan fingerprint density at radius 2 is 2.00 bits per heavy atom. The Labute approximate surface area is 187 Å². The molecule has 0 saturated carbocycles. The number of nitrogens with zero attached hydrogens (tertiary/aromatic N) is 3. The summed E-state index contributed by atoms with van der Waals surface area (Å²) in [5.41, 5.74) is 5.04. The lowest BCUT2D eigenvalue weighted by Gasteiger charge is -2.32. The molecule has 2 amide bonds. The summed E-state index contributed by atoms with van der Waals surface area (Å²) in [5, 5.41) is 2.87. The number of amides is 2. The van der Waals surface area contributed by atoms with Gasteiger partial charge >= 0.3 is 0 Å². The summed E-state index contributed by atoms with van der Waals surface area (Å²) < 4.78 is 5.25. The van der Waals surface area contributed by atoms with E-state index in [1.54, 1.807) is 31.6 Å². The molecule has 3 heterocycles. The zero-order valence-electron chi connectivity index (χ0n) is 18.2. The second kappa shape index (κ2) is 9.70. The van der Waals surface area contributed by atoms with Crippen molar-refractivity contribution in [2.75, 3.05) is 24.7 Å². The largest absolute Gasteiger partial charge is 0.381 e. The number of hydrogen-bond donors (Lipinski definition) is 1. The van der Waals surface area contributed by atoms with Gasteiger partial charge in [-0.15, -0.1) is 0 Å². The molecule has 0 aliphatic carbocycles. The van der Waals surface area contributed by atoms with Gasteiger partial charge in [0, 0.05) is 55.8 Å². The van der Waals surface area contributed by atoms with Crippen molar-refractivity contribution >= 4 is 17.5 Å². The average molecular weight is 431 g/mol. The van der Waals surface area contributed by atoms with Crippen molar-refractivity contribution in [3.8, 4) is 11.3 Å². The van der Waals surface area contributed by atoms with Crippen LogP contribution in [-0.2, 0) is 16.1 Å². The number of benzene rings is 1. The number of anilines is 1. The average Bonchev–Trinajstić information content (AvgIpc) is 2.78. The standard InChI is InChI=1S/C25H26N4O3/c1-17-10-21(6-8-24(17)29(18(2)30)14-20-15-32-16-20)23-7-5-22(13-27-23)25(31)28-12-19-4-3-9-26-11-19/h3-11,13,20H,12,14-16H2,1-2H3,(H,28,31). The molecule has 1 aliphatic heterocycles. The molecule has 4 rings (SSSR count). The van der Waals surface area contributed by atoms with Crippen LogP contribution in [0.1, 0.15) is 28.4 Å². The number of nitrogens with one attached hydrogen (secondary N) is 1. The summed E-state index contributed by atoms with van der Waals surface area (Å²) in [6.45, 7) is 6.06. The third-order valence-electron chi connectivity index (χ3n) is 5.51. The van der Waals surface area contributed by atoms with Crippen molar-refractivity contribution in [3.05, 3.63) is 77.7 Å². The fraction of sp³-hybridized carbons (Fsp3) is 0.280. The molecule has 1 aliphatic rings. The number of pyridine rings is 2. The first-order valence-corrected chi connectivity index (χ1v) is 10.6. The molecule has 1 aromatic carbocycles. The molecular formula is C25H26N4O3. The minimum absolute atomic E-state index is 0.0209. The van der Waals surface area contributed by atoms with Gasteiger partial charge in [-0.2, -0.15) is 0 Å². The van der Waals surface area contributed by atoms with Crippen LogP contribution in [0.15, 0.2) is 61.1 Å². The van der Waals surface area contributed by atoms with Crippen LogP contribution in [-0.4, -0.2) is 41.5 Å². The van der Waals surface area contributed by atoms with E-state index in [0.29, 0.717) is 37.8 Å². The van der Waals surface area contributed by atoms with Crippen LogP contribution in [0.25, 0.3) is 11.3 Å². The van der Waals surface area contributed by atoms with Crippen LogP contribution >= 0.6 is 0 Å². The minimum Gasteiger partial charge on any atom is -0.381 e. The summed E-state index contributed by atoms with van der Waals surface area (Å²) >= 11 is 0. The third-order valence-corrected chi connectivity index (χ3v) is 5.51. The van der Waals surface area contributed by atoms with Crippen LogP contribution in [0.4, 0.5) is 5.69 Å². The molecule has 32 heavy (non-hydrogen) atoms. The smallest absolute Gasteiger partial charge is 0.253 e. The van der Waals surface area contributed by atoms with Gasteiger partial charge in [0.05, 0.1) is 24.5 Å². The summed E-state index contributed by atoms with van der Waals surface area (Å²) in [6.07, 6.45) is 5.00. The highest BCUT2D eigenvalue weighted by atomic mass is 16.5. The Hall–Kier alpha value is -3.58. The quantitative estimate of drug-likeness (QED) is 0.621. The first-order valence-electron chi connectivity index (χ1n) is 10.6. The molecule has 1 saturated heterocycles. The Kier molecular flexibility index (Phi) is 6.56. The molecule has 164 valence electrons. The topological polar surface area (TPSA) is 84.4 Å². The van der Waals surface area contributed by atoms with Crippen LogP contribution in [0, 0.1) is 12.8 Å². The Balaban J connectivity index is 1.44. The molecule has 7 nitrogen and oxygen atoms in total. The van der Waals surface area contributed by atoms with E-state index in [1.165, 1.54) is 0 Å². The summed E-state index contributed by atoms with van der Waals surface area (Å²) in [4.78, 5) is 34.9. The Bertz CT molecular complexity index is 1100.